The van der Waals surface area contributed by atoms with Crippen molar-refractivity contribution < 1.29 is 4.39 Å². The van der Waals surface area contributed by atoms with Crippen molar-refractivity contribution in [2.45, 2.75) is 65.5 Å². The SMILES string of the molecule is CCCNC(C)c1cc(F)c(C)cc1N1CCCC1(C)C. The fraction of sp³-hybridized carbons (Fsp3) is 0.667. The molecule has 0 bridgehead atoms. The lowest BCUT2D eigenvalue weighted by atomic mass is 9.97. The molecular weight excluding hydrogens is 263 g/mol. The standard InChI is InChI=1S/C18H29FN2/c1-6-9-20-14(3)15-12-16(19)13(2)11-17(15)21-10-7-8-18(21,4)5/h11-12,14,20H,6-10H2,1-5H3. The van der Waals surface area contributed by atoms with Crippen molar-refractivity contribution >= 4 is 5.69 Å². The highest BCUT2D eigenvalue weighted by molar-refractivity contribution is 5.59. The van der Waals surface area contributed by atoms with E-state index in [0.717, 1.165) is 30.6 Å². The van der Waals surface area contributed by atoms with Gasteiger partial charge in [0.15, 0.2) is 0 Å². The van der Waals surface area contributed by atoms with E-state index in [2.05, 4.69) is 37.9 Å². The first-order valence-electron chi connectivity index (χ1n) is 8.18. The Morgan fingerprint density at radius 1 is 1.38 bits per heavy atom. The molecule has 3 heteroatoms. The average molecular weight is 292 g/mol. The molecule has 1 heterocycles. The summed E-state index contributed by atoms with van der Waals surface area (Å²) in [4.78, 5) is 2.46. The summed E-state index contributed by atoms with van der Waals surface area (Å²) in [6.45, 7) is 12.7. The summed E-state index contributed by atoms with van der Waals surface area (Å²) < 4.78 is 14.1. The third-order valence-electron chi connectivity index (χ3n) is 4.67. The molecule has 1 aromatic rings. The summed E-state index contributed by atoms with van der Waals surface area (Å²) >= 11 is 0. The molecule has 21 heavy (non-hydrogen) atoms. The van der Waals surface area contributed by atoms with E-state index >= 15 is 0 Å². The highest BCUT2D eigenvalue weighted by atomic mass is 19.1. The molecule has 1 aliphatic heterocycles. The molecule has 2 nitrogen and oxygen atoms in total. The number of hydrogen-bond acceptors (Lipinski definition) is 2. The Morgan fingerprint density at radius 3 is 2.67 bits per heavy atom. The fourth-order valence-electron chi connectivity index (χ4n) is 3.29. The first-order chi connectivity index (χ1) is 9.86. The van der Waals surface area contributed by atoms with Crippen molar-refractivity contribution in [3.05, 3.63) is 29.1 Å². The number of nitrogens with zero attached hydrogens (tertiary/aromatic N) is 1. The van der Waals surface area contributed by atoms with Gasteiger partial charge in [-0.05, 0) is 76.8 Å². The first-order valence-corrected chi connectivity index (χ1v) is 8.18. The first kappa shape index (κ1) is 16.3. The van der Waals surface area contributed by atoms with Crippen LogP contribution in [0.3, 0.4) is 0 Å². The Morgan fingerprint density at radius 2 is 2.10 bits per heavy atom. The minimum Gasteiger partial charge on any atom is -0.366 e. The minimum absolute atomic E-state index is 0.101. The number of nitrogens with one attached hydrogen (secondary N) is 1. The quantitative estimate of drug-likeness (QED) is 0.855. The Labute approximate surface area is 128 Å². The summed E-state index contributed by atoms with van der Waals surface area (Å²) in [7, 11) is 0. The van der Waals surface area contributed by atoms with E-state index in [1.54, 1.807) is 6.07 Å². The molecule has 1 atom stereocenters. The van der Waals surface area contributed by atoms with Crippen LogP contribution in [-0.2, 0) is 0 Å². The number of hydrogen-bond donors (Lipinski definition) is 1. The molecule has 1 aromatic carbocycles. The molecule has 0 radical (unpaired) electrons. The van der Waals surface area contributed by atoms with Crippen LogP contribution in [0.25, 0.3) is 0 Å². The Kier molecular flexibility index (Phi) is 4.92. The second kappa shape index (κ2) is 6.35. The van der Waals surface area contributed by atoms with Gasteiger partial charge in [0.25, 0.3) is 0 Å². The van der Waals surface area contributed by atoms with Gasteiger partial charge in [-0.2, -0.15) is 0 Å². The molecule has 0 saturated carbocycles. The van der Waals surface area contributed by atoms with E-state index in [9.17, 15) is 4.39 Å². The number of rotatable bonds is 5. The summed E-state index contributed by atoms with van der Waals surface area (Å²) in [6.07, 6.45) is 3.49. The monoisotopic (exact) mass is 292 g/mol. The van der Waals surface area contributed by atoms with Gasteiger partial charge in [0, 0.05) is 23.8 Å². The maximum absolute atomic E-state index is 14.1. The number of aryl methyl sites for hydroxylation is 1. The molecule has 1 unspecified atom stereocenters. The van der Waals surface area contributed by atoms with E-state index in [4.69, 9.17) is 0 Å². The number of benzene rings is 1. The van der Waals surface area contributed by atoms with E-state index < -0.39 is 0 Å². The highest BCUT2D eigenvalue weighted by Crippen LogP contribution is 2.38. The highest BCUT2D eigenvalue weighted by Gasteiger charge is 2.34. The van der Waals surface area contributed by atoms with Crippen LogP contribution in [0.15, 0.2) is 12.1 Å². The maximum Gasteiger partial charge on any atom is 0.126 e. The molecule has 1 fully saturated rings. The molecular formula is C18H29FN2. The van der Waals surface area contributed by atoms with Crippen LogP contribution in [0, 0.1) is 12.7 Å². The van der Waals surface area contributed by atoms with E-state index in [1.165, 1.54) is 18.5 Å². The molecule has 0 amide bonds. The lowest BCUT2D eigenvalue weighted by Gasteiger charge is -2.36. The van der Waals surface area contributed by atoms with E-state index in [0.29, 0.717) is 0 Å². The van der Waals surface area contributed by atoms with Gasteiger partial charge in [-0.25, -0.2) is 4.39 Å². The molecule has 2 rings (SSSR count). The van der Waals surface area contributed by atoms with Crippen molar-refractivity contribution in [2.75, 3.05) is 18.0 Å². The lowest BCUT2D eigenvalue weighted by Crippen LogP contribution is -2.39. The zero-order valence-corrected chi connectivity index (χ0v) is 14.1. The smallest absolute Gasteiger partial charge is 0.126 e. The third kappa shape index (κ3) is 3.39. The van der Waals surface area contributed by atoms with Crippen molar-refractivity contribution in [1.82, 2.24) is 5.32 Å². The predicted octanol–water partition coefficient (Wildman–Crippen LogP) is 4.57. The van der Waals surface area contributed by atoms with E-state index in [1.807, 2.05) is 13.0 Å². The van der Waals surface area contributed by atoms with Gasteiger partial charge in [-0.1, -0.05) is 6.92 Å². The predicted molar refractivity (Wildman–Crippen MR) is 88.5 cm³/mol. The zero-order valence-electron chi connectivity index (χ0n) is 14.1. The summed E-state index contributed by atoms with van der Waals surface area (Å²) in [5, 5.41) is 3.49. The lowest BCUT2D eigenvalue weighted by molar-refractivity contribution is 0.509. The van der Waals surface area contributed by atoms with Gasteiger partial charge >= 0.3 is 0 Å². The Bertz CT molecular complexity index is 496. The van der Waals surface area contributed by atoms with Crippen molar-refractivity contribution in [2.24, 2.45) is 0 Å². The minimum atomic E-state index is -0.101. The summed E-state index contributed by atoms with van der Waals surface area (Å²) in [6, 6.07) is 3.93. The van der Waals surface area contributed by atoms with Gasteiger partial charge in [0.1, 0.15) is 5.82 Å². The molecule has 1 N–H and O–H groups in total. The second-order valence-corrected chi connectivity index (χ2v) is 6.90. The molecule has 1 aliphatic rings. The number of anilines is 1. The average Bonchev–Trinajstić information content (AvgIpc) is 2.78. The van der Waals surface area contributed by atoms with Gasteiger partial charge in [0.2, 0.25) is 0 Å². The maximum atomic E-state index is 14.1. The summed E-state index contributed by atoms with van der Waals surface area (Å²) in [5.41, 5.74) is 3.18. The normalized spacial score (nSPS) is 19.0. The largest absolute Gasteiger partial charge is 0.366 e. The van der Waals surface area contributed by atoms with Gasteiger partial charge in [-0.15, -0.1) is 0 Å². The van der Waals surface area contributed by atoms with Crippen LogP contribution in [0.1, 0.15) is 64.1 Å². The van der Waals surface area contributed by atoms with E-state index in [-0.39, 0.29) is 17.4 Å². The van der Waals surface area contributed by atoms with Crippen molar-refractivity contribution in [3.63, 3.8) is 0 Å². The molecule has 0 aliphatic carbocycles. The van der Waals surface area contributed by atoms with Crippen LogP contribution in [-0.4, -0.2) is 18.6 Å². The van der Waals surface area contributed by atoms with Crippen LogP contribution in [0.2, 0.25) is 0 Å². The molecule has 0 aromatic heterocycles. The van der Waals surface area contributed by atoms with Crippen LogP contribution < -0.4 is 10.2 Å². The van der Waals surface area contributed by atoms with Gasteiger partial charge < -0.3 is 10.2 Å². The Balaban J connectivity index is 2.41. The van der Waals surface area contributed by atoms with Crippen molar-refractivity contribution in [1.29, 1.82) is 0 Å². The summed E-state index contributed by atoms with van der Waals surface area (Å²) in [5.74, 6) is -0.101. The van der Waals surface area contributed by atoms with Crippen LogP contribution in [0.5, 0.6) is 0 Å². The second-order valence-electron chi connectivity index (χ2n) is 6.90. The fourth-order valence-corrected chi connectivity index (χ4v) is 3.29. The topological polar surface area (TPSA) is 15.3 Å². The van der Waals surface area contributed by atoms with Gasteiger partial charge in [-0.3, -0.25) is 0 Å². The van der Waals surface area contributed by atoms with Crippen LogP contribution in [0.4, 0.5) is 10.1 Å². The molecule has 118 valence electrons. The third-order valence-corrected chi connectivity index (χ3v) is 4.67. The zero-order chi connectivity index (χ0) is 15.6. The van der Waals surface area contributed by atoms with Gasteiger partial charge in [0.05, 0.1) is 0 Å². The van der Waals surface area contributed by atoms with Crippen LogP contribution >= 0.6 is 0 Å². The Hall–Kier alpha value is -1.09. The molecule has 0 spiro atoms. The molecule has 1 saturated heterocycles. The number of halogens is 1. The van der Waals surface area contributed by atoms with Crippen molar-refractivity contribution in [3.8, 4) is 0 Å².